The predicted octanol–water partition coefficient (Wildman–Crippen LogP) is 2.69. The zero-order valence-corrected chi connectivity index (χ0v) is 9.39. The lowest BCUT2D eigenvalue weighted by Crippen LogP contribution is -2.39. The fraction of sp³-hybridized carbons (Fsp3) is 0.400. The van der Waals surface area contributed by atoms with Crippen LogP contribution in [0.1, 0.15) is 13.3 Å². The van der Waals surface area contributed by atoms with Crippen LogP contribution in [0.3, 0.4) is 0 Å². The van der Waals surface area contributed by atoms with E-state index in [0.717, 1.165) is 0 Å². The van der Waals surface area contributed by atoms with Crippen molar-refractivity contribution >= 4 is 13.9 Å². The summed E-state index contributed by atoms with van der Waals surface area (Å²) in [5, 5.41) is 0.115. The lowest BCUT2D eigenvalue weighted by Gasteiger charge is -2.15. The zero-order chi connectivity index (χ0) is 10.6. The summed E-state index contributed by atoms with van der Waals surface area (Å²) < 4.78 is 32.3. The molecule has 1 aromatic carbocycles. The number of ether oxygens (including phenoxy) is 1. The number of para-hydroxylation sites is 1. The molecule has 0 fully saturated rings. The van der Waals surface area contributed by atoms with E-state index in [-0.39, 0.29) is 11.2 Å². The fourth-order valence-electron chi connectivity index (χ4n) is 1.40. The minimum Gasteiger partial charge on any atom is -0.497 e. The third-order valence-corrected chi connectivity index (χ3v) is 4.39. The quantitative estimate of drug-likeness (QED) is 0.555. The summed E-state index contributed by atoms with van der Waals surface area (Å²) in [5.74, 6) is 0.317. The summed E-state index contributed by atoms with van der Waals surface area (Å²) in [6.07, 6.45) is 0.511. The van der Waals surface area contributed by atoms with Gasteiger partial charge >= 0.3 is 8.74 Å². The summed E-state index contributed by atoms with van der Waals surface area (Å²) in [5.41, 5.74) is 0. The van der Waals surface area contributed by atoms with Gasteiger partial charge in [0.15, 0.2) is 0 Å². The molecule has 78 valence electrons. The first-order valence-corrected chi connectivity index (χ1v) is 6.59. The number of rotatable bonds is 4. The Kier molecular flexibility index (Phi) is 3.63. The van der Waals surface area contributed by atoms with Gasteiger partial charge in [0.05, 0.1) is 7.11 Å². The van der Waals surface area contributed by atoms with E-state index < -0.39 is 8.74 Å². The van der Waals surface area contributed by atoms with E-state index in [0.29, 0.717) is 12.2 Å². The second-order valence-electron chi connectivity index (χ2n) is 3.15. The molecule has 0 amide bonds. The van der Waals surface area contributed by atoms with Gasteiger partial charge in [-0.15, -0.1) is 0 Å². The van der Waals surface area contributed by atoms with E-state index in [4.69, 9.17) is 4.74 Å². The second kappa shape index (κ2) is 4.55. The van der Waals surface area contributed by atoms with Gasteiger partial charge in [-0.05, 0) is 6.07 Å². The van der Waals surface area contributed by atoms with Crippen molar-refractivity contribution < 1.29 is 13.0 Å². The van der Waals surface area contributed by atoms with E-state index in [1.54, 1.807) is 25.1 Å². The van der Waals surface area contributed by atoms with Crippen LogP contribution >= 0.6 is 0 Å². The van der Waals surface area contributed by atoms with Crippen molar-refractivity contribution in [1.82, 2.24) is 0 Å². The van der Waals surface area contributed by atoms with Crippen LogP contribution in [-0.4, -0.2) is 15.9 Å². The third kappa shape index (κ3) is 2.32. The lowest BCUT2D eigenvalue weighted by molar-refractivity contribution is 0.416. The Hall–Kier alpha value is -0.903. The lowest BCUT2D eigenvalue weighted by atomic mass is 10.3. The molecule has 0 bridgehead atoms. The molecule has 0 aliphatic carbocycles. The van der Waals surface area contributed by atoms with Crippen LogP contribution < -0.4 is 9.92 Å². The summed E-state index contributed by atoms with van der Waals surface area (Å²) in [6, 6.07) is 6.40. The largest absolute Gasteiger partial charge is 0.497 e. The van der Waals surface area contributed by atoms with Crippen molar-refractivity contribution in [3.05, 3.63) is 24.3 Å². The van der Waals surface area contributed by atoms with Crippen molar-refractivity contribution in [2.75, 3.05) is 7.11 Å². The van der Waals surface area contributed by atoms with E-state index in [1.807, 2.05) is 0 Å². The van der Waals surface area contributed by atoms with Gasteiger partial charge in [-0.25, -0.2) is 0 Å². The zero-order valence-electron chi connectivity index (χ0n) is 8.39. The fourth-order valence-corrected chi connectivity index (χ4v) is 3.18. The van der Waals surface area contributed by atoms with Crippen molar-refractivity contribution in [1.29, 1.82) is 0 Å². The molecular formula is C10H14F2OSi. The highest BCUT2D eigenvalue weighted by atomic mass is 28.4. The second-order valence-corrected chi connectivity index (χ2v) is 5.60. The molecule has 0 aromatic heterocycles. The van der Waals surface area contributed by atoms with Crippen LogP contribution in [0.15, 0.2) is 24.3 Å². The van der Waals surface area contributed by atoms with E-state index >= 15 is 0 Å². The highest BCUT2D eigenvalue weighted by molar-refractivity contribution is 6.80. The van der Waals surface area contributed by atoms with Crippen LogP contribution in [0.4, 0.5) is 8.22 Å². The molecular weight excluding hydrogens is 202 g/mol. The smallest absolute Gasteiger partial charge is 0.459 e. The molecule has 0 spiro atoms. The van der Waals surface area contributed by atoms with Crippen LogP contribution in [0.5, 0.6) is 5.75 Å². The Morgan fingerprint density at radius 3 is 2.50 bits per heavy atom. The van der Waals surface area contributed by atoms with Gasteiger partial charge in [-0.2, -0.15) is 0 Å². The molecule has 0 unspecified atom stereocenters. The van der Waals surface area contributed by atoms with Crippen molar-refractivity contribution in [3.8, 4) is 5.75 Å². The van der Waals surface area contributed by atoms with Crippen molar-refractivity contribution in [2.24, 2.45) is 0 Å². The molecule has 0 aliphatic heterocycles. The first kappa shape index (κ1) is 11.2. The molecule has 0 saturated heterocycles. The molecule has 0 N–H and O–H groups in total. The average Bonchev–Trinajstić information content (AvgIpc) is 2.18. The van der Waals surface area contributed by atoms with Gasteiger partial charge in [0.25, 0.3) is 0 Å². The monoisotopic (exact) mass is 216 g/mol. The topological polar surface area (TPSA) is 9.23 Å². The number of hydrogen-bond donors (Lipinski definition) is 0. The molecule has 0 atom stereocenters. The molecule has 14 heavy (non-hydrogen) atoms. The van der Waals surface area contributed by atoms with Crippen LogP contribution in [-0.2, 0) is 0 Å². The third-order valence-electron chi connectivity index (χ3n) is 2.07. The summed E-state index contributed by atoms with van der Waals surface area (Å²) >= 11 is 0. The molecule has 0 saturated carbocycles. The van der Waals surface area contributed by atoms with Gasteiger partial charge < -0.3 is 4.74 Å². The van der Waals surface area contributed by atoms with Crippen molar-refractivity contribution in [2.45, 2.75) is 19.4 Å². The van der Waals surface area contributed by atoms with Crippen LogP contribution in [0.25, 0.3) is 0 Å². The van der Waals surface area contributed by atoms with Crippen LogP contribution in [0.2, 0.25) is 6.04 Å². The Labute approximate surface area is 84.1 Å². The summed E-state index contributed by atoms with van der Waals surface area (Å²) in [4.78, 5) is 0. The minimum absolute atomic E-state index is 0.00657. The van der Waals surface area contributed by atoms with Crippen LogP contribution in [0, 0.1) is 0 Å². The molecule has 0 heterocycles. The SMILES string of the molecule is CCC[Si](F)(F)c1ccccc1OC. The number of methoxy groups -OCH3 is 1. The number of hydrogen-bond acceptors (Lipinski definition) is 1. The first-order valence-electron chi connectivity index (χ1n) is 4.63. The molecule has 1 rings (SSSR count). The van der Waals surface area contributed by atoms with E-state index in [1.165, 1.54) is 13.2 Å². The van der Waals surface area contributed by atoms with Gasteiger partial charge in [0, 0.05) is 11.2 Å². The predicted molar refractivity (Wildman–Crippen MR) is 55.7 cm³/mol. The van der Waals surface area contributed by atoms with Gasteiger partial charge in [-0.3, -0.25) is 8.22 Å². The van der Waals surface area contributed by atoms with Gasteiger partial charge in [0.2, 0.25) is 0 Å². The number of benzene rings is 1. The Morgan fingerprint density at radius 2 is 1.93 bits per heavy atom. The highest BCUT2D eigenvalue weighted by Gasteiger charge is 2.39. The maximum Gasteiger partial charge on any atom is 0.459 e. The average molecular weight is 216 g/mol. The highest BCUT2D eigenvalue weighted by Crippen LogP contribution is 2.21. The molecule has 1 aromatic rings. The standard InChI is InChI=1S/C10H14F2OSi/c1-3-8-14(11,12)10-7-5-4-6-9(10)13-2/h4-7H,3,8H2,1-2H3. The normalized spacial score (nSPS) is 11.4. The molecule has 0 aliphatic rings. The maximum atomic E-state index is 13.7. The minimum atomic E-state index is -4.27. The summed E-state index contributed by atoms with van der Waals surface area (Å²) in [6.45, 7) is 1.77. The van der Waals surface area contributed by atoms with Crippen molar-refractivity contribution in [3.63, 3.8) is 0 Å². The Morgan fingerprint density at radius 1 is 1.29 bits per heavy atom. The maximum absolute atomic E-state index is 13.7. The molecule has 0 radical (unpaired) electrons. The molecule has 1 nitrogen and oxygen atoms in total. The first-order chi connectivity index (χ1) is 6.61. The van der Waals surface area contributed by atoms with Gasteiger partial charge in [0.1, 0.15) is 5.75 Å². The molecule has 4 heteroatoms. The van der Waals surface area contributed by atoms with E-state index in [9.17, 15) is 8.22 Å². The Balaban J connectivity index is 3.04. The van der Waals surface area contributed by atoms with E-state index in [2.05, 4.69) is 0 Å². The Bertz CT molecular complexity index is 302. The van der Waals surface area contributed by atoms with Gasteiger partial charge in [-0.1, -0.05) is 31.5 Å². The summed E-state index contributed by atoms with van der Waals surface area (Å²) in [7, 11) is -2.84. The number of halogens is 2.